The van der Waals surface area contributed by atoms with Gasteiger partial charge in [0.25, 0.3) is 0 Å². The Bertz CT molecular complexity index is 359. The van der Waals surface area contributed by atoms with Gasteiger partial charge in [0.1, 0.15) is 0 Å². The van der Waals surface area contributed by atoms with E-state index in [9.17, 15) is 5.11 Å². The molecule has 2 atom stereocenters. The van der Waals surface area contributed by atoms with Crippen molar-refractivity contribution in [1.82, 2.24) is 0 Å². The molecular formula is C15H22O2S. The molecule has 2 unspecified atom stereocenters. The van der Waals surface area contributed by atoms with Crippen molar-refractivity contribution in [3.05, 3.63) is 29.8 Å². The van der Waals surface area contributed by atoms with Crippen LogP contribution in [0.2, 0.25) is 0 Å². The minimum atomic E-state index is -0.377. The second-order valence-corrected chi connectivity index (χ2v) is 6.04. The summed E-state index contributed by atoms with van der Waals surface area (Å²) in [4.78, 5) is 1.25. The minimum absolute atomic E-state index is 0.377. The summed E-state index contributed by atoms with van der Waals surface area (Å²) in [5.41, 5.74) is 0.999. The van der Waals surface area contributed by atoms with Crippen LogP contribution in [0.5, 0.6) is 0 Å². The number of aliphatic hydroxyl groups excluding tert-OH is 1. The molecule has 18 heavy (non-hydrogen) atoms. The first-order valence-corrected chi connectivity index (χ1v) is 7.76. The van der Waals surface area contributed by atoms with E-state index in [-0.39, 0.29) is 6.10 Å². The molecule has 1 saturated heterocycles. The second-order valence-electron chi connectivity index (χ2n) is 4.87. The van der Waals surface area contributed by atoms with Crippen molar-refractivity contribution in [3.63, 3.8) is 0 Å². The van der Waals surface area contributed by atoms with E-state index >= 15 is 0 Å². The van der Waals surface area contributed by atoms with Gasteiger partial charge in [0.2, 0.25) is 0 Å². The van der Waals surface area contributed by atoms with Crippen LogP contribution in [-0.2, 0) is 4.74 Å². The Kier molecular flexibility index (Phi) is 5.54. The normalized spacial score (nSPS) is 21.1. The molecule has 0 saturated carbocycles. The molecule has 1 aliphatic rings. The molecule has 1 heterocycles. The van der Waals surface area contributed by atoms with E-state index in [4.69, 9.17) is 4.74 Å². The van der Waals surface area contributed by atoms with E-state index in [0.717, 1.165) is 17.9 Å². The maximum absolute atomic E-state index is 9.54. The maximum Gasteiger partial charge on any atom is 0.0762 e. The Morgan fingerprint density at radius 3 is 3.11 bits per heavy atom. The quantitative estimate of drug-likeness (QED) is 0.627. The Hall–Kier alpha value is -0.510. The van der Waals surface area contributed by atoms with Crippen LogP contribution in [-0.4, -0.2) is 23.6 Å². The summed E-state index contributed by atoms with van der Waals surface area (Å²) in [6.45, 7) is 2.76. The Labute approximate surface area is 114 Å². The minimum Gasteiger partial charge on any atom is -0.389 e. The predicted octanol–water partition coefficient (Wildman–Crippen LogP) is 3.79. The SMILES string of the molecule is CC(O)c1cccc(SCCCC2CCCO2)c1. The molecule has 0 aromatic heterocycles. The van der Waals surface area contributed by atoms with E-state index in [1.54, 1.807) is 6.92 Å². The van der Waals surface area contributed by atoms with Crippen LogP contribution in [0.3, 0.4) is 0 Å². The van der Waals surface area contributed by atoms with Gasteiger partial charge in [-0.25, -0.2) is 0 Å². The summed E-state index contributed by atoms with van der Waals surface area (Å²) in [6.07, 6.45) is 4.99. The number of rotatable bonds is 6. The Balaban J connectivity index is 1.70. The topological polar surface area (TPSA) is 29.5 Å². The molecule has 0 amide bonds. The number of benzene rings is 1. The summed E-state index contributed by atoms with van der Waals surface area (Å²) >= 11 is 1.87. The summed E-state index contributed by atoms with van der Waals surface area (Å²) in [7, 11) is 0. The number of hydrogen-bond donors (Lipinski definition) is 1. The molecule has 0 spiro atoms. The maximum atomic E-state index is 9.54. The van der Waals surface area contributed by atoms with Crippen LogP contribution in [0.15, 0.2) is 29.2 Å². The van der Waals surface area contributed by atoms with E-state index in [1.807, 2.05) is 23.9 Å². The Morgan fingerprint density at radius 2 is 2.39 bits per heavy atom. The van der Waals surface area contributed by atoms with E-state index < -0.39 is 0 Å². The largest absolute Gasteiger partial charge is 0.389 e. The van der Waals surface area contributed by atoms with Gasteiger partial charge in [-0.2, -0.15) is 0 Å². The highest BCUT2D eigenvalue weighted by molar-refractivity contribution is 7.99. The molecule has 1 aliphatic heterocycles. The molecule has 2 rings (SSSR count). The van der Waals surface area contributed by atoms with Gasteiger partial charge >= 0.3 is 0 Å². The van der Waals surface area contributed by atoms with Gasteiger partial charge in [-0.15, -0.1) is 11.8 Å². The van der Waals surface area contributed by atoms with Crippen molar-refractivity contribution in [1.29, 1.82) is 0 Å². The van der Waals surface area contributed by atoms with Crippen molar-refractivity contribution in [2.45, 2.75) is 49.7 Å². The van der Waals surface area contributed by atoms with Crippen molar-refractivity contribution < 1.29 is 9.84 Å². The molecule has 100 valence electrons. The van der Waals surface area contributed by atoms with Gasteiger partial charge in [0.05, 0.1) is 12.2 Å². The lowest BCUT2D eigenvalue weighted by Gasteiger charge is -2.09. The lowest BCUT2D eigenvalue weighted by molar-refractivity contribution is 0.104. The second kappa shape index (κ2) is 7.17. The van der Waals surface area contributed by atoms with Crippen molar-refractivity contribution in [3.8, 4) is 0 Å². The predicted molar refractivity (Wildman–Crippen MR) is 76.0 cm³/mol. The van der Waals surface area contributed by atoms with E-state index in [2.05, 4.69) is 12.1 Å². The van der Waals surface area contributed by atoms with Crippen LogP contribution in [0.4, 0.5) is 0 Å². The zero-order valence-electron chi connectivity index (χ0n) is 11.0. The van der Waals surface area contributed by atoms with Gasteiger partial charge in [-0.1, -0.05) is 12.1 Å². The molecule has 0 aliphatic carbocycles. The zero-order chi connectivity index (χ0) is 12.8. The van der Waals surface area contributed by atoms with Gasteiger partial charge in [-0.3, -0.25) is 0 Å². The summed E-state index contributed by atoms with van der Waals surface area (Å²) in [5.74, 6) is 1.13. The first-order chi connectivity index (χ1) is 8.75. The average Bonchev–Trinajstić information content (AvgIpc) is 2.88. The van der Waals surface area contributed by atoms with Gasteiger partial charge in [-0.05, 0) is 56.1 Å². The lowest BCUT2D eigenvalue weighted by Crippen LogP contribution is -2.04. The highest BCUT2D eigenvalue weighted by Crippen LogP contribution is 2.24. The van der Waals surface area contributed by atoms with Crippen LogP contribution < -0.4 is 0 Å². The smallest absolute Gasteiger partial charge is 0.0762 e. The molecule has 0 radical (unpaired) electrons. The lowest BCUT2D eigenvalue weighted by atomic mass is 10.1. The van der Waals surface area contributed by atoms with E-state index in [1.165, 1.54) is 30.6 Å². The van der Waals surface area contributed by atoms with Crippen LogP contribution >= 0.6 is 11.8 Å². The first kappa shape index (κ1) is 13.9. The standard InChI is InChI=1S/C15H22O2S/c1-12(16)13-5-2-8-15(11-13)18-10-4-7-14-6-3-9-17-14/h2,5,8,11-12,14,16H,3-4,6-7,9-10H2,1H3. The third-order valence-corrected chi connectivity index (χ3v) is 4.38. The fourth-order valence-corrected chi connectivity index (χ4v) is 3.18. The summed E-state index contributed by atoms with van der Waals surface area (Å²) in [6, 6.07) is 8.19. The fourth-order valence-electron chi connectivity index (χ4n) is 2.24. The highest BCUT2D eigenvalue weighted by atomic mass is 32.2. The molecule has 3 heteroatoms. The summed E-state index contributed by atoms with van der Waals surface area (Å²) in [5, 5.41) is 9.54. The van der Waals surface area contributed by atoms with Crippen molar-refractivity contribution in [2.75, 3.05) is 12.4 Å². The highest BCUT2D eigenvalue weighted by Gasteiger charge is 2.14. The molecule has 2 nitrogen and oxygen atoms in total. The molecule has 1 N–H and O–H groups in total. The average molecular weight is 266 g/mol. The summed E-state index contributed by atoms with van der Waals surface area (Å²) < 4.78 is 5.61. The van der Waals surface area contributed by atoms with Gasteiger partial charge in [0.15, 0.2) is 0 Å². The number of hydrogen-bond acceptors (Lipinski definition) is 3. The van der Waals surface area contributed by atoms with Crippen LogP contribution in [0.1, 0.15) is 44.3 Å². The molecule has 1 fully saturated rings. The van der Waals surface area contributed by atoms with Crippen molar-refractivity contribution in [2.24, 2.45) is 0 Å². The third kappa shape index (κ3) is 4.30. The van der Waals surface area contributed by atoms with Gasteiger partial charge in [0, 0.05) is 11.5 Å². The molecular weight excluding hydrogens is 244 g/mol. The number of ether oxygens (including phenoxy) is 1. The van der Waals surface area contributed by atoms with Crippen LogP contribution in [0, 0.1) is 0 Å². The third-order valence-electron chi connectivity index (χ3n) is 3.30. The van der Waals surface area contributed by atoms with Crippen molar-refractivity contribution >= 4 is 11.8 Å². The Morgan fingerprint density at radius 1 is 1.50 bits per heavy atom. The number of aliphatic hydroxyl groups is 1. The molecule has 1 aromatic carbocycles. The molecule has 0 bridgehead atoms. The van der Waals surface area contributed by atoms with Crippen LogP contribution in [0.25, 0.3) is 0 Å². The molecule has 1 aromatic rings. The zero-order valence-corrected chi connectivity index (χ0v) is 11.8. The van der Waals surface area contributed by atoms with E-state index in [0.29, 0.717) is 6.10 Å². The number of thioether (sulfide) groups is 1. The monoisotopic (exact) mass is 266 g/mol. The van der Waals surface area contributed by atoms with Gasteiger partial charge < -0.3 is 9.84 Å². The first-order valence-electron chi connectivity index (χ1n) is 6.78. The fraction of sp³-hybridized carbons (Fsp3) is 0.600.